The van der Waals surface area contributed by atoms with Gasteiger partial charge in [0.05, 0.1) is 0 Å². The molecule has 0 spiro atoms. The van der Waals surface area contributed by atoms with E-state index in [9.17, 15) is 0 Å². The maximum Gasteiger partial charge on any atom is 0.0230 e. The van der Waals surface area contributed by atoms with Gasteiger partial charge in [0.15, 0.2) is 0 Å². The van der Waals surface area contributed by atoms with E-state index in [1.807, 2.05) is 0 Å². The van der Waals surface area contributed by atoms with Crippen LogP contribution < -0.4 is 5.32 Å². The predicted molar refractivity (Wildman–Crippen MR) is 79.7 cm³/mol. The van der Waals surface area contributed by atoms with E-state index in [-0.39, 0.29) is 0 Å². The Bertz CT molecular complexity index is 317. The van der Waals surface area contributed by atoms with E-state index in [1.165, 1.54) is 18.4 Å². The Kier molecular flexibility index (Phi) is 6.37. The first-order valence-electron chi connectivity index (χ1n) is 7.03. The van der Waals surface area contributed by atoms with E-state index in [1.54, 1.807) is 0 Å². The van der Waals surface area contributed by atoms with Gasteiger partial charge >= 0.3 is 0 Å². The van der Waals surface area contributed by atoms with Crippen molar-refractivity contribution >= 4 is 0 Å². The van der Waals surface area contributed by atoms with Crippen molar-refractivity contribution in [2.45, 2.75) is 33.2 Å². The maximum absolute atomic E-state index is 3.35. The topological polar surface area (TPSA) is 15.3 Å². The van der Waals surface area contributed by atoms with Crippen LogP contribution in [0.3, 0.4) is 0 Å². The third-order valence-electron chi connectivity index (χ3n) is 3.95. The van der Waals surface area contributed by atoms with Gasteiger partial charge in [0.25, 0.3) is 0 Å². The van der Waals surface area contributed by atoms with Gasteiger partial charge in [0, 0.05) is 19.6 Å². The van der Waals surface area contributed by atoms with Crippen LogP contribution in [0.1, 0.15) is 32.3 Å². The largest absolute Gasteiger partial charge is 0.319 e. The molecule has 0 heterocycles. The molecule has 0 amide bonds. The van der Waals surface area contributed by atoms with Crippen molar-refractivity contribution in [3.8, 4) is 0 Å². The van der Waals surface area contributed by atoms with E-state index in [0.29, 0.717) is 5.41 Å². The lowest BCUT2D eigenvalue weighted by Crippen LogP contribution is -2.41. The second-order valence-electron chi connectivity index (χ2n) is 5.40. The molecule has 0 bridgehead atoms. The Morgan fingerprint density at radius 1 is 1.11 bits per heavy atom. The lowest BCUT2D eigenvalue weighted by Gasteiger charge is -2.35. The van der Waals surface area contributed by atoms with E-state index in [4.69, 9.17) is 0 Å². The third-order valence-corrected chi connectivity index (χ3v) is 3.95. The second-order valence-corrected chi connectivity index (χ2v) is 5.40. The molecule has 2 nitrogen and oxygen atoms in total. The Morgan fingerprint density at radius 3 is 2.22 bits per heavy atom. The summed E-state index contributed by atoms with van der Waals surface area (Å²) < 4.78 is 0. The summed E-state index contributed by atoms with van der Waals surface area (Å²) in [6, 6.07) is 10.7. The monoisotopic (exact) mass is 248 g/mol. The second kappa shape index (κ2) is 7.55. The van der Waals surface area contributed by atoms with Crippen LogP contribution in [-0.4, -0.2) is 32.1 Å². The van der Waals surface area contributed by atoms with E-state index in [2.05, 4.69) is 68.5 Å². The molecule has 1 aromatic rings. The molecule has 0 aliphatic rings. The van der Waals surface area contributed by atoms with Crippen molar-refractivity contribution < 1.29 is 0 Å². The number of nitrogens with one attached hydrogen (secondary N) is 1. The van der Waals surface area contributed by atoms with Crippen molar-refractivity contribution in [2.75, 3.05) is 27.2 Å². The van der Waals surface area contributed by atoms with Gasteiger partial charge in [-0.2, -0.15) is 0 Å². The van der Waals surface area contributed by atoms with Gasteiger partial charge in [0.2, 0.25) is 0 Å². The fourth-order valence-corrected chi connectivity index (χ4v) is 2.68. The Balaban J connectivity index is 2.58. The standard InChI is InChI=1S/C16H28N2/c1-5-16(6-2,13-17-3)14-18(4)12-15-10-8-7-9-11-15/h7-11,17H,5-6,12-14H2,1-4H3. The Labute approximate surface area is 112 Å². The van der Waals surface area contributed by atoms with Gasteiger partial charge in [-0.1, -0.05) is 44.2 Å². The summed E-state index contributed by atoms with van der Waals surface area (Å²) in [6.45, 7) is 7.88. The molecule has 18 heavy (non-hydrogen) atoms. The highest BCUT2D eigenvalue weighted by atomic mass is 15.1. The molecule has 1 aromatic carbocycles. The molecule has 0 radical (unpaired) electrons. The molecule has 0 unspecified atom stereocenters. The summed E-state index contributed by atoms with van der Waals surface area (Å²) in [5, 5.41) is 3.35. The van der Waals surface area contributed by atoms with Gasteiger partial charge in [0.1, 0.15) is 0 Å². The highest BCUT2D eigenvalue weighted by molar-refractivity contribution is 5.14. The third kappa shape index (κ3) is 4.43. The minimum absolute atomic E-state index is 0.401. The molecule has 1 N–H and O–H groups in total. The van der Waals surface area contributed by atoms with Crippen LogP contribution in [0.2, 0.25) is 0 Å². The molecule has 2 heteroatoms. The lowest BCUT2D eigenvalue weighted by atomic mass is 9.81. The molecule has 0 fully saturated rings. The van der Waals surface area contributed by atoms with Gasteiger partial charge < -0.3 is 10.2 Å². The molecule has 1 rings (SSSR count). The van der Waals surface area contributed by atoms with Gasteiger partial charge in [-0.25, -0.2) is 0 Å². The molecule has 0 aliphatic carbocycles. The molecule has 102 valence electrons. The molecule has 0 saturated heterocycles. The van der Waals surface area contributed by atoms with Gasteiger partial charge in [-0.05, 0) is 37.9 Å². The van der Waals surface area contributed by atoms with Gasteiger partial charge in [-0.3, -0.25) is 0 Å². The van der Waals surface area contributed by atoms with Crippen LogP contribution in [-0.2, 0) is 6.54 Å². The molecule has 0 saturated carbocycles. The first kappa shape index (κ1) is 15.2. The predicted octanol–water partition coefficient (Wildman–Crippen LogP) is 3.14. The van der Waals surface area contributed by atoms with Crippen LogP contribution in [0.15, 0.2) is 30.3 Å². The van der Waals surface area contributed by atoms with Crippen LogP contribution >= 0.6 is 0 Å². The first-order valence-corrected chi connectivity index (χ1v) is 7.03. The van der Waals surface area contributed by atoms with E-state index in [0.717, 1.165) is 19.6 Å². The summed E-state index contributed by atoms with van der Waals surface area (Å²) in [7, 11) is 4.28. The van der Waals surface area contributed by atoms with Crippen molar-refractivity contribution in [1.29, 1.82) is 0 Å². The van der Waals surface area contributed by atoms with Crippen molar-refractivity contribution in [3.05, 3.63) is 35.9 Å². The number of benzene rings is 1. The highest BCUT2D eigenvalue weighted by Crippen LogP contribution is 2.26. The van der Waals surface area contributed by atoms with Gasteiger partial charge in [-0.15, -0.1) is 0 Å². The van der Waals surface area contributed by atoms with E-state index < -0.39 is 0 Å². The minimum atomic E-state index is 0.401. The summed E-state index contributed by atoms with van der Waals surface area (Å²) in [4.78, 5) is 2.44. The zero-order valence-corrected chi connectivity index (χ0v) is 12.4. The highest BCUT2D eigenvalue weighted by Gasteiger charge is 2.26. The van der Waals surface area contributed by atoms with Crippen molar-refractivity contribution in [1.82, 2.24) is 10.2 Å². The van der Waals surface area contributed by atoms with Crippen LogP contribution in [0.4, 0.5) is 0 Å². The number of hydrogen-bond acceptors (Lipinski definition) is 2. The average molecular weight is 248 g/mol. The first-order chi connectivity index (χ1) is 8.65. The fraction of sp³-hybridized carbons (Fsp3) is 0.625. The summed E-state index contributed by atoms with van der Waals surface area (Å²) >= 11 is 0. The normalized spacial score (nSPS) is 12.1. The zero-order chi connectivity index (χ0) is 13.4. The molecule has 0 aromatic heterocycles. The molecular formula is C16H28N2. The van der Waals surface area contributed by atoms with E-state index >= 15 is 0 Å². The zero-order valence-electron chi connectivity index (χ0n) is 12.4. The summed E-state index contributed by atoms with van der Waals surface area (Å²) in [5.41, 5.74) is 1.80. The van der Waals surface area contributed by atoms with Crippen LogP contribution in [0, 0.1) is 5.41 Å². The number of nitrogens with zero attached hydrogens (tertiary/aromatic N) is 1. The van der Waals surface area contributed by atoms with Crippen molar-refractivity contribution in [2.24, 2.45) is 5.41 Å². The van der Waals surface area contributed by atoms with Crippen LogP contribution in [0.5, 0.6) is 0 Å². The van der Waals surface area contributed by atoms with Crippen LogP contribution in [0.25, 0.3) is 0 Å². The number of hydrogen-bond donors (Lipinski definition) is 1. The molecule has 0 atom stereocenters. The Morgan fingerprint density at radius 2 is 1.72 bits per heavy atom. The SMILES string of the molecule is CCC(CC)(CNC)CN(C)Cc1ccccc1. The fourth-order valence-electron chi connectivity index (χ4n) is 2.68. The van der Waals surface area contributed by atoms with Crippen molar-refractivity contribution in [3.63, 3.8) is 0 Å². The average Bonchev–Trinajstić information content (AvgIpc) is 2.39. The Hall–Kier alpha value is -0.860. The lowest BCUT2D eigenvalue weighted by molar-refractivity contribution is 0.153. The molecular weight excluding hydrogens is 220 g/mol. The molecule has 0 aliphatic heterocycles. The number of rotatable bonds is 8. The summed E-state index contributed by atoms with van der Waals surface area (Å²) in [6.07, 6.45) is 2.45. The minimum Gasteiger partial charge on any atom is -0.319 e. The quantitative estimate of drug-likeness (QED) is 0.760. The maximum atomic E-state index is 3.35. The summed E-state index contributed by atoms with van der Waals surface area (Å²) in [5.74, 6) is 0. The smallest absolute Gasteiger partial charge is 0.0230 e.